The average molecular weight is 351 g/mol. The van der Waals surface area contributed by atoms with Gasteiger partial charge in [-0.05, 0) is 31.9 Å². The highest BCUT2D eigenvalue weighted by Crippen LogP contribution is 2.13. The fourth-order valence-electron chi connectivity index (χ4n) is 3.10. The second-order valence-electron chi connectivity index (χ2n) is 6.65. The van der Waals surface area contributed by atoms with E-state index < -0.39 is 0 Å². The first-order valence-electron chi connectivity index (χ1n) is 8.75. The van der Waals surface area contributed by atoms with Crippen molar-refractivity contribution >= 4 is 5.91 Å². The Morgan fingerprint density at radius 3 is 2.62 bits per heavy atom. The van der Waals surface area contributed by atoms with E-state index in [4.69, 9.17) is 0 Å². The Bertz CT molecular complexity index is 922. The maximum absolute atomic E-state index is 12.3. The molecule has 0 aliphatic rings. The lowest BCUT2D eigenvalue weighted by molar-refractivity contribution is -0.120. The standard InChI is InChI=1S/C20H25N5O/c1-14-19(15(2)24(4)23-14)11-20(26)22-12-17-6-5-7-18(10-17)13-25-9-8-21-16(25)3/h5-10H,11-13H2,1-4H3,(H,22,26). The van der Waals surface area contributed by atoms with Crippen molar-refractivity contribution in [3.63, 3.8) is 0 Å². The smallest absolute Gasteiger partial charge is 0.224 e. The lowest BCUT2D eigenvalue weighted by atomic mass is 10.1. The van der Waals surface area contributed by atoms with Crippen molar-refractivity contribution in [3.05, 3.63) is 70.6 Å². The summed E-state index contributed by atoms with van der Waals surface area (Å²) in [5.74, 6) is 1.01. The molecular formula is C20H25N5O. The number of hydrogen-bond donors (Lipinski definition) is 1. The molecule has 1 aromatic carbocycles. The molecule has 0 unspecified atom stereocenters. The van der Waals surface area contributed by atoms with Crippen LogP contribution in [0, 0.1) is 20.8 Å². The lowest BCUT2D eigenvalue weighted by Crippen LogP contribution is -2.25. The maximum atomic E-state index is 12.3. The predicted molar refractivity (Wildman–Crippen MR) is 101 cm³/mol. The molecule has 2 aromatic heterocycles. The van der Waals surface area contributed by atoms with E-state index in [1.165, 1.54) is 5.56 Å². The minimum atomic E-state index is 0.0139. The zero-order chi connectivity index (χ0) is 18.7. The van der Waals surface area contributed by atoms with E-state index >= 15 is 0 Å². The van der Waals surface area contributed by atoms with Crippen LogP contribution in [0.5, 0.6) is 0 Å². The molecule has 0 radical (unpaired) electrons. The molecule has 2 heterocycles. The van der Waals surface area contributed by atoms with Crippen molar-refractivity contribution in [1.29, 1.82) is 0 Å². The molecular weight excluding hydrogens is 326 g/mol. The Morgan fingerprint density at radius 1 is 1.19 bits per heavy atom. The molecule has 0 aliphatic carbocycles. The summed E-state index contributed by atoms with van der Waals surface area (Å²) in [6.45, 7) is 7.23. The Morgan fingerprint density at radius 2 is 1.96 bits per heavy atom. The highest BCUT2D eigenvalue weighted by molar-refractivity contribution is 5.79. The van der Waals surface area contributed by atoms with Crippen molar-refractivity contribution in [2.45, 2.75) is 40.3 Å². The summed E-state index contributed by atoms with van der Waals surface area (Å²) < 4.78 is 3.92. The highest BCUT2D eigenvalue weighted by atomic mass is 16.1. The second-order valence-corrected chi connectivity index (χ2v) is 6.65. The molecule has 3 rings (SSSR count). The zero-order valence-electron chi connectivity index (χ0n) is 15.8. The van der Waals surface area contributed by atoms with Gasteiger partial charge >= 0.3 is 0 Å². The van der Waals surface area contributed by atoms with Crippen molar-refractivity contribution in [3.8, 4) is 0 Å². The van der Waals surface area contributed by atoms with E-state index in [0.717, 1.165) is 34.9 Å². The molecule has 26 heavy (non-hydrogen) atoms. The molecule has 0 bridgehead atoms. The SMILES string of the molecule is Cc1nn(C)c(C)c1CC(=O)NCc1cccc(Cn2ccnc2C)c1. The number of rotatable bonds is 6. The van der Waals surface area contributed by atoms with Crippen LogP contribution in [0.15, 0.2) is 36.7 Å². The van der Waals surface area contributed by atoms with E-state index in [0.29, 0.717) is 13.0 Å². The molecule has 1 N–H and O–H groups in total. The number of aryl methyl sites for hydroxylation is 3. The van der Waals surface area contributed by atoms with Gasteiger partial charge in [0.2, 0.25) is 5.91 Å². The number of nitrogens with zero attached hydrogens (tertiary/aromatic N) is 4. The molecule has 0 saturated carbocycles. The summed E-state index contributed by atoms with van der Waals surface area (Å²) >= 11 is 0. The normalized spacial score (nSPS) is 10.9. The molecule has 0 spiro atoms. The number of benzene rings is 1. The summed E-state index contributed by atoms with van der Waals surface area (Å²) in [5, 5.41) is 7.38. The Balaban J connectivity index is 1.60. The molecule has 136 valence electrons. The zero-order valence-corrected chi connectivity index (χ0v) is 15.8. The third kappa shape index (κ3) is 4.02. The van der Waals surface area contributed by atoms with Crippen LogP contribution in [-0.4, -0.2) is 25.2 Å². The third-order valence-electron chi connectivity index (χ3n) is 4.75. The van der Waals surface area contributed by atoms with Gasteiger partial charge in [0.15, 0.2) is 0 Å². The second kappa shape index (κ2) is 7.56. The van der Waals surface area contributed by atoms with Crippen LogP contribution in [0.1, 0.15) is 33.9 Å². The number of aromatic nitrogens is 4. The van der Waals surface area contributed by atoms with Gasteiger partial charge in [0, 0.05) is 43.8 Å². The minimum Gasteiger partial charge on any atom is -0.352 e. The highest BCUT2D eigenvalue weighted by Gasteiger charge is 2.13. The Kier molecular flexibility index (Phi) is 5.21. The number of amides is 1. The minimum absolute atomic E-state index is 0.0139. The van der Waals surface area contributed by atoms with Gasteiger partial charge in [0.05, 0.1) is 12.1 Å². The van der Waals surface area contributed by atoms with Crippen molar-refractivity contribution in [1.82, 2.24) is 24.6 Å². The van der Waals surface area contributed by atoms with Crippen LogP contribution in [0.2, 0.25) is 0 Å². The molecule has 0 fully saturated rings. The first kappa shape index (κ1) is 17.9. The largest absolute Gasteiger partial charge is 0.352 e. The average Bonchev–Trinajstić information content (AvgIpc) is 3.11. The van der Waals surface area contributed by atoms with Gasteiger partial charge in [-0.25, -0.2) is 4.98 Å². The van der Waals surface area contributed by atoms with Crippen LogP contribution in [0.3, 0.4) is 0 Å². The van der Waals surface area contributed by atoms with Gasteiger partial charge in [0.25, 0.3) is 0 Å². The number of carbonyl (C=O) groups is 1. The number of carbonyl (C=O) groups excluding carboxylic acids is 1. The molecule has 6 nitrogen and oxygen atoms in total. The predicted octanol–water partition coefficient (Wildman–Crippen LogP) is 2.45. The summed E-state index contributed by atoms with van der Waals surface area (Å²) in [6, 6.07) is 8.27. The van der Waals surface area contributed by atoms with E-state index in [9.17, 15) is 4.79 Å². The number of nitrogens with one attached hydrogen (secondary N) is 1. The Hall–Kier alpha value is -2.89. The summed E-state index contributed by atoms with van der Waals surface area (Å²) in [5.41, 5.74) is 5.24. The van der Waals surface area contributed by atoms with E-state index in [-0.39, 0.29) is 5.91 Å². The van der Waals surface area contributed by atoms with Crippen molar-refractivity contribution in [2.75, 3.05) is 0 Å². The lowest BCUT2D eigenvalue weighted by Gasteiger charge is -2.09. The van der Waals surface area contributed by atoms with E-state index in [1.54, 1.807) is 0 Å². The molecule has 0 saturated heterocycles. The fourth-order valence-corrected chi connectivity index (χ4v) is 3.10. The van der Waals surface area contributed by atoms with Crippen LogP contribution in [0.25, 0.3) is 0 Å². The number of hydrogen-bond acceptors (Lipinski definition) is 3. The van der Waals surface area contributed by atoms with Gasteiger partial charge in [-0.1, -0.05) is 24.3 Å². The van der Waals surface area contributed by atoms with E-state index in [1.807, 2.05) is 57.0 Å². The van der Waals surface area contributed by atoms with Gasteiger partial charge < -0.3 is 9.88 Å². The first-order valence-corrected chi connectivity index (χ1v) is 8.75. The van der Waals surface area contributed by atoms with Gasteiger partial charge in [0.1, 0.15) is 5.82 Å². The van der Waals surface area contributed by atoms with E-state index in [2.05, 4.69) is 32.1 Å². The molecule has 0 atom stereocenters. The van der Waals surface area contributed by atoms with Crippen LogP contribution >= 0.6 is 0 Å². The quantitative estimate of drug-likeness (QED) is 0.742. The van der Waals surface area contributed by atoms with Gasteiger partial charge in [-0.2, -0.15) is 5.10 Å². The summed E-state index contributed by atoms with van der Waals surface area (Å²) in [6.07, 6.45) is 4.14. The summed E-state index contributed by atoms with van der Waals surface area (Å²) in [7, 11) is 1.90. The Labute approximate surface area is 153 Å². The molecule has 1 amide bonds. The summed E-state index contributed by atoms with van der Waals surface area (Å²) in [4.78, 5) is 16.6. The van der Waals surface area contributed by atoms with Gasteiger partial charge in [-0.3, -0.25) is 9.48 Å². The fraction of sp³-hybridized carbons (Fsp3) is 0.350. The maximum Gasteiger partial charge on any atom is 0.224 e. The van der Waals surface area contributed by atoms with Crippen LogP contribution < -0.4 is 5.32 Å². The van der Waals surface area contributed by atoms with Crippen LogP contribution in [-0.2, 0) is 31.4 Å². The monoisotopic (exact) mass is 351 g/mol. The van der Waals surface area contributed by atoms with Gasteiger partial charge in [-0.15, -0.1) is 0 Å². The molecule has 0 aliphatic heterocycles. The topological polar surface area (TPSA) is 64.7 Å². The number of imidazole rings is 1. The molecule has 6 heteroatoms. The van der Waals surface area contributed by atoms with Crippen molar-refractivity contribution in [2.24, 2.45) is 7.05 Å². The van der Waals surface area contributed by atoms with Crippen molar-refractivity contribution < 1.29 is 4.79 Å². The first-order chi connectivity index (χ1) is 12.4. The van der Waals surface area contributed by atoms with Crippen LogP contribution in [0.4, 0.5) is 0 Å². The molecule has 3 aromatic rings. The third-order valence-corrected chi connectivity index (χ3v) is 4.75.